The number of allylic oxidation sites excluding steroid dienone is 1. The zero-order chi connectivity index (χ0) is 23.8. The zero-order valence-corrected chi connectivity index (χ0v) is 18.4. The van der Waals surface area contributed by atoms with Crippen LogP contribution in [0.4, 0.5) is 8.78 Å². The number of halogens is 3. The van der Waals surface area contributed by atoms with Crippen molar-refractivity contribution >= 4 is 17.5 Å². The molecule has 0 aliphatic carbocycles. The van der Waals surface area contributed by atoms with Crippen LogP contribution in [0.25, 0.3) is 0 Å². The fourth-order valence-corrected chi connectivity index (χ4v) is 3.17. The van der Waals surface area contributed by atoms with Crippen LogP contribution < -0.4 is 15.9 Å². The maximum absolute atomic E-state index is 13.8. The Kier molecular flexibility index (Phi) is 8.18. The first-order valence-electron chi connectivity index (χ1n) is 9.93. The van der Waals surface area contributed by atoms with Crippen LogP contribution in [0.2, 0.25) is 5.02 Å². The van der Waals surface area contributed by atoms with Crippen LogP contribution in [0.15, 0.2) is 91.3 Å². The summed E-state index contributed by atoms with van der Waals surface area (Å²) in [5, 5.41) is 4.12. The largest absolute Gasteiger partial charge is 0.488 e. The molecule has 0 radical (unpaired) electrons. The molecular formula is C25H22ClF2N3O2. The lowest BCUT2D eigenvalue weighted by molar-refractivity contribution is 0.0959. The molecule has 5 nitrogen and oxygen atoms in total. The molecule has 0 fully saturated rings. The quantitative estimate of drug-likeness (QED) is 0.252. The van der Waals surface area contributed by atoms with Gasteiger partial charge < -0.3 is 15.1 Å². The first-order valence-corrected chi connectivity index (χ1v) is 10.3. The van der Waals surface area contributed by atoms with Gasteiger partial charge in [0.2, 0.25) is 0 Å². The summed E-state index contributed by atoms with van der Waals surface area (Å²) in [6, 6.07) is 18.2. The molecular weight excluding hydrogens is 448 g/mol. The second kappa shape index (κ2) is 11.3. The molecule has 0 saturated heterocycles. The number of hydrogen-bond acceptors (Lipinski definition) is 4. The van der Waals surface area contributed by atoms with Gasteiger partial charge in [-0.1, -0.05) is 60.6 Å². The average molecular weight is 470 g/mol. The Hall–Kier alpha value is -3.68. The summed E-state index contributed by atoms with van der Waals surface area (Å²) in [7, 11) is 0. The van der Waals surface area contributed by atoms with Crippen molar-refractivity contribution in [3.05, 3.63) is 125 Å². The first kappa shape index (κ1) is 24.0. The molecule has 8 heteroatoms. The van der Waals surface area contributed by atoms with Crippen LogP contribution in [0.3, 0.4) is 0 Å². The van der Waals surface area contributed by atoms with Crippen LogP contribution in [-0.4, -0.2) is 10.9 Å². The molecule has 1 amide bonds. The van der Waals surface area contributed by atoms with E-state index < -0.39 is 23.1 Å². The lowest BCUT2D eigenvalue weighted by atomic mass is 10.2. The number of carbonyl (C=O) groups is 1. The fourth-order valence-electron chi connectivity index (χ4n) is 2.95. The minimum Gasteiger partial charge on any atom is -0.488 e. The predicted molar refractivity (Wildman–Crippen MR) is 124 cm³/mol. The fraction of sp³-hybridized carbons (Fsp3) is 0.0800. The van der Waals surface area contributed by atoms with Crippen molar-refractivity contribution < 1.29 is 18.3 Å². The van der Waals surface area contributed by atoms with Crippen LogP contribution >= 0.6 is 11.6 Å². The van der Waals surface area contributed by atoms with Crippen molar-refractivity contribution in [2.45, 2.75) is 13.2 Å². The highest BCUT2D eigenvalue weighted by atomic mass is 35.5. The number of amides is 1. The zero-order valence-electron chi connectivity index (χ0n) is 17.6. The Balaban J connectivity index is 1.62. The summed E-state index contributed by atoms with van der Waals surface area (Å²) in [5.74, 6) is 3.74. The number of rotatable bonds is 9. The third-order valence-corrected chi connectivity index (χ3v) is 4.94. The maximum atomic E-state index is 13.8. The summed E-state index contributed by atoms with van der Waals surface area (Å²) in [5.41, 5.74) is 1.09. The number of benzene rings is 3. The third kappa shape index (κ3) is 6.65. The van der Waals surface area contributed by atoms with Crippen LogP contribution in [-0.2, 0) is 13.2 Å². The number of carbonyl (C=O) groups excluding carboxylic acids is 1. The molecule has 0 aliphatic rings. The third-order valence-electron chi connectivity index (χ3n) is 4.58. The maximum Gasteiger partial charge on any atom is 0.261 e. The second-order valence-electron chi connectivity index (χ2n) is 7.05. The Morgan fingerprint density at radius 3 is 2.42 bits per heavy atom. The highest BCUT2D eigenvalue weighted by Crippen LogP contribution is 2.28. The smallest absolute Gasteiger partial charge is 0.261 e. The molecule has 170 valence electrons. The molecule has 3 rings (SSSR count). The Morgan fingerprint density at radius 1 is 1.06 bits per heavy atom. The molecule has 0 unspecified atom stereocenters. The van der Waals surface area contributed by atoms with E-state index in [9.17, 15) is 13.6 Å². The highest BCUT2D eigenvalue weighted by molar-refractivity contribution is 6.31. The van der Waals surface area contributed by atoms with Gasteiger partial charge in [0.25, 0.3) is 5.91 Å². The number of hydrazine groups is 1. The standard InChI is InChI=1S/C25H22ClF2N3O2/c1-17(30-25(32)24-21(27)10-6-11-22(24)28)13-14-31(29)15-19-20(26)9-5-12-23(19)33-16-18-7-3-2-4-8-18/h2-14H,1,15-16,29H2,(H,30,32)/b14-13-. The molecule has 3 aromatic carbocycles. The molecule has 0 bridgehead atoms. The first-order chi connectivity index (χ1) is 15.8. The van der Waals surface area contributed by atoms with Crippen LogP contribution in [0.5, 0.6) is 5.75 Å². The van der Waals surface area contributed by atoms with E-state index in [1.54, 1.807) is 18.2 Å². The summed E-state index contributed by atoms with van der Waals surface area (Å²) < 4.78 is 33.4. The van der Waals surface area contributed by atoms with Gasteiger partial charge in [-0.3, -0.25) is 4.79 Å². The van der Waals surface area contributed by atoms with E-state index >= 15 is 0 Å². The highest BCUT2D eigenvalue weighted by Gasteiger charge is 2.17. The van der Waals surface area contributed by atoms with Crippen molar-refractivity contribution in [3.63, 3.8) is 0 Å². The van der Waals surface area contributed by atoms with E-state index in [0.29, 0.717) is 22.9 Å². The van der Waals surface area contributed by atoms with E-state index in [0.717, 1.165) is 17.7 Å². The minimum atomic E-state index is -0.966. The van der Waals surface area contributed by atoms with Gasteiger partial charge in [0.15, 0.2) is 0 Å². The monoisotopic (exact) mass is 469 g/mol. The van der Waals surface area contributed by atoms with Crippen molar-refractivity contribution in [2.24, 2.45) is 5.84 Å². The normalized spacial score (nSPS) is 10.8. The lowest BCUT2D eigenvalue weighted by Crippen LogP contribution is -2.26. The van der Waals surface area contributed by atoms with Gasteiger partial charge in [-0.05, 0) is 35.9 Å². The summed E-state index contributed by atoms with van der Waals surface area (Å²) in [6.45, 7) is 4.22. The molecule has 0 aromatic heterocycles. The van der Waals surface area contributed by atoms with Crippen LogP contribution in [0, 0.1) is 11.6 Å². The van der Waals surface area contributed by atoms with Gasteiger partial charge in [-0.15, -0.1) is 0 Å². The Bertz CT molecular complexity index is 1150. The number of nitrogens with zero attached hydrogens (tertiary/aromatic N) is 1. The molecule has 0 saturated carbocycles. The topological polar surface area (TPSA) is 67.6 Å². The Morgan fingerprint density at radius 2 is 1.73 bits per heavy atom. The van der Waals surface area contributed by atoms with E-state index in [2.05, 4.69) is 11.9 Å². The van der Waals surface area contributed by atoms with Crippen molar-refractivity contribution in [1.29, 1.82) is 0 Å². The Labute approximate surface area is 195 Å². The molecule has 0 aliphatic heterocycles. The number of nitrogens with one attached hydrogen (secondary N) is 1. The molecule has 0 heterocycles. The average Bonchev–Trinajstić information content (AvgIpc) is 2.78. The molecule has 0 atom stereocenters. The van der Waals surface area contributed by atoms with E-state index in [1.807, 2.05) is 30.3 Å². The minimum absolute atomic E-state index is 0.0952. The van der Waals surface area contributed by atoms with Gasteiger partial charge in [0, 0.05) is 22.5 Å². The second-order valence-corrected chi connectivity index (χ2v) is 7.46. The van der Waals surface area contributed by atoms with Gasteiger partial charge >= 0.3 is 0 Å². The van der Waals surface area contributed by atoms with Gasteiger partial charge in [-0.25, -0.2) is 14.6 Å². The van der Waals surface area contributed by atoms with Crippen molar-refractivity contribution in [1.82, 2.24) is 10.3 Å². The predicted octanol–water partition coefficient (Wildman–Crippen LogP) is 5.33. The molecule has 3 aromatic rings. The summed E-state index contributed by atoms with van der Waals surface area (Å²) >= 11 is 6.35. The SMILES string of the molecule is C=C(/C=C\N(N)Cc1c(Cl)cccc1OCc1ccccc1)NC(=O)c1c(F)cccc1F. The van der Waals surface area contributed by atoms with Gasteiger partial charge in [-0.2, -0.15) is 0 Å². The van der Waals surface area contributed by atoms with Gasteiger partial charge in [0.1, 0.15) is 29.6 Å². The van der Waals surface area contributed by atoms with Gasteiger partial charge in [0.05, 0.1) is 6.54 Å². The number of ether oxygens (including phenoxy) is 1. The van der Waals surface area contributed by atoms with E-state index in [1.165, 1.54) is 23.4 Å². The summed E-state index contributed by atoms with van der Waals surface area (Å²) in [4.78, 5) is 12.1. The van der Waals surface area contributed by atoms with Crippen molar-refractivity contribution in [3.8, 4) is 5.75 Å². The summed E-state index contributed by atoms with van der Waals surface area (Å²) in [6.07, 6.45) is 2.85. The molecule has 3 N–H and O–H groups in total. The van der Waals surface area contributed by atoms with Crippen LogP contribution in [0.1, 0.15) is 21.5 Å². The number of nitrogens with two attached hydrogens (primary N) is 1. The van der Waals surface area contributed by atoms with E-state index in [4.69, 9.17) is 22.2 Å². The van der Waals surface area contributed by atoms with E-state index in [-0.39, 0.29) is 12.2 Å². The molecule has 33 heavy (non-hydrogen) atoms. The number of hydrogen-bond donors (Lipinski definition) is 2. The molecule has 0 spiro atoms. The van der Waals surface area contributed by atoms with Crippen molar-refractivity contribution in [2.75, 3.05) is 0 Å². The lowest BCUT2D eigenvalue weighted by Gasteiger charge is -2.18.